The topological polar surface area (TPSA) is 29.1 Å². The SMILES string of the molecule is CC1C(C)[C@H]2C[C@@H]1C(=O)N2.[I][V]([I])[I]. The summed E-state index contributed by atoms with van der Waals surface area (Å²) in [6, 6.07) is 0.493. The van der Waals surface area contributed by atoms with Crippen LogP contribution < -0.4 is 5.32 Å². The summed E-state index contributed by atoms with van der Waals surface area (Å²) in [4.78, 5) is 10.8. The van der Waals surface area contributed by atoms with Gasteiger partial charge >= 0.3 is 64.9 Å². The van der Waals surface area contributed by atoms with Crippen LogP contribution in [-0.4, -0.2) is 11.9 Å². The Hall–Kier alpha value is 2.24. The molecule has 1 N–H and O–H groups in total. The number of rotatable bonds is 0. The first-order chi connectivity index (χ1) is 6.43. The van der Waals surface area contributed by atoms with E-state index < -0.39 is 0 Å². The number of fused-ring (bicyclic) bond motifs is 2. The van der Waals surface area contributed by atoms with Crippen LogP contribution >= 0.6 is 59.9 Å². The Bertz CT molecular complexity index is 222. The first-order valence-electron chi connectivity index (χ1n) is 4.51. The number of hydrogen-bond acceptors (Lipinski definition) is 1. The molecule has 2 fully saturated rings. The predicted octanol–water partition coefficient (Wildman–Crippen LogP) is 3.43. The molecule has 0 aromatic carbocycles. The minimum atomic E-state index is -0.278. The van der Waals surface area contributed by atoms with E-state index in [1.165, 1.54) is 0 Å². The van der Waals surface area contributed by atoms with Crippen molar-refractivity contribution < 1.29 is 9.72 Å². The fraction of sp³-hybridized carbons (Fsp3) is 0.875. The zero-order valence-electron chi connectivity index (χ0n) is 8.01. The minimum absolute atomic E-state index is 0.278. The van der Waals surface area contributed by atoms with Gasteiger partial charge in [-0.2, -0.15) is 0 Å². The molecule has 1 aliphatic heterocycles. The molecule has 14 heavy (non-hydrogen) atoms. The van der Waals surface area contributed by atoms with Gasteiger partial charge in [0.15, 0.2) is 0 Å². The first kappa shape index (κ1) is 14.3. The number of hydrogen-bond donors (Lipinski definition) is 1. The van der Waals surface area contributed by atoms with Crippen molar-refractivity contribution >= 4 is 65.8 Å². The van der Waals surface area contributed by atoms with Crippen molar-refractivity contribution in [2.24, 2.45) is 17.8 Å². The van der Waals surface area contributed by atoms with E-state index in [1.54, 1.807) is 0 Å². The first-order valence-corrected chi connectivity index (χ1v) is 18.0. The van der Waals surface area contributed by atoms with Crippen molar-refractivity contribution in [2.75, 3.05) is 0 Å². The molecule has 2 rings (SSSR count). The summed E-state index contributed by atoms with van der Waals surface area (Å²) in [7, 11) is 0. The van der Waals surface area contributed by atoms with Crippen molar-refractivity contribution in [3.05, 3.63) is 0 Å². The molecule has 0 radical (unpaired) electrons. The second kappa shape index (κ2) is 6.25. The molecule has 6 heteroatoms. The Morgan fingerprint density at radius 1 is 1.29 bits per heavy atom. The summed E-state index contributed by atoms with van der Waals surface area (Å²) < 4.78 is 0. The second-order valence-electron chi connectivity index (χ2n) is 3.87. The van der Waals surface area contributed by atoms with E-state index in [4.69, 9.17) is 0 Å². The van der Waals surface area contributed by atoms with Crippen molar-refractivity contribution in [2.45, 2.75) is 26.3 Å². The third-order valence-corrected chi connectivity index (χ3v) is 3.27. The van der Waals surface area contributed by atoms with E-state index in [-0.39, 0.29) is 10.8 Å². The average molecular weight is 571 g/mol. The Balaban J connectivity index is 0.000000213. The number of amides is 1. The van der Waals surface area contributed by atoms with Gasteiger partial charge in [-0.3, -0.25) is 4.79 Å². The third-order valence-electron chi connectivity index (χ3n) is 3.27. The van der Waals surface area contributed by atoms with E-state index >= 15 is 0 Å². The van der Waals surface area contributed by atoms with Crippen LogP contribution in [-0.2, 0) is 9.72 Å². The van der Waals surface area contributed by atoms with E-state index in [2.05, 4.69) is 79.1 Å². The molecule has 1 saturated heterocycles. The van der Waals surface area contributed by atoms with Crippen LogP contribution in [0.2, 0.25) is 0 Å². The number of piperidine rings is 1. The molecular weight excluding hydrogens is 558 g/mol. The van der Waals surface area contributed by atoms with Crippen LogP contribution in [0.15, 0.2) is 0 Å². The van der Waals surface area contributed by atoms with E-state index in [9.17, 15) is 4.79 Å². The zero-order chi connectivity index (χ0) is 10.9. The molecule has 0 spiro atoms. The zero-order valence-corrected chi connectivity index (χ0v) is 15.9. The molecule has 2 bridgehead atoms. The van der Waals surface area contributed by atoms with Gasteiger partial charge in [-0.1, -0.05) is 13.8 Å². The van der Waals surface area contributed by atoms with Crippen LogP contribution in [0, 0.1) is 17.8 Å². The molecule has 1 amide bonds. The van der Waals surface area contributed by atoms with Crippen LogP contribution in [0.1, 0.15) is 20.3 Å². The Kier molecular flexibility index (Phi) is 6.39. The predicted molar refractivity (Wildman–Crippen MR) is 80.4 cm³/mol. The normalized spacial score (nSPS) is 39.4. The Morgan fingerprint density at radius 2 is 1.79 bits per heavy atom. The average Bonchev–Trinajstić information content (AvgIpc) is 2.52. The summed E-state index contributed by atoms with van der Waals surface area (Å²) in [6.45, 7) is 4.42. The van der Waals surface area contributed by atoms with Gasteiger partial charge in [0.05, 0.1) is 0 Å². The molecular formula is C8H13I3NOV. The van der Waals surface area contributed by atoms with E-state index in [1.807, 2.05) is 0 Å². The van der Waals surface area contributed by atoms with Gasteiger partial charge in [-0.25, -0.2) is 0 Å². The standard InChI is InChI=1S/C8H13NO.3HI.V/c1-4-5(2)7-3-6(4)8(10)9-7;;;;/h4-7H,3H2,1-2H3,(H,9,10);3*1H;/q;;;;+3/p-3/t4?,5?,6-,7+;;;;/m0..../s1. The monoisotopic (exact) mass is 571 g/mol. The fourth-order valence-corrected chi connectivity index (χ4v) is 2.26. The molecule has 1 saturated carbocycles. The van der Waals surface area contributed by atoms with Crippen molar-refractivity contribution in [1.82, 2.24) is 5.32 Å². The van der Waals surface area contributed by atoms with Crippen molar-refractivity contribution in [3.63, 3.8) is 0 Å². The quantitative estimate of drug-likeness (QED) is 0.445. The number of halogens is 3. The van der Waals surface area contributed by atoms with Gasteiger partial charge in [0.2, 0.25) is 5.91 Å². The molecule has 2 nitrogen and oxygen atoms in total. The molecule has 2 unspecified atom stereocenters. The molecule has 4 atom stereocenters. The number of carbonyl (C=O) groups excluding carboxylic acids is 1. The van der Waals surface area contributed by atoms with Crippen molar-refractivity contribution in [3.8, 4) is 0 Å². The van der Waals surface area contributed by atoms with Crippen LogP contribution in [0.3, 0.4) is 0 Å². The number of carbonyl (C=O) groups is 1. The summed E-state index contributed by atoms with van der Waals surface area (Å²) in [5, 5.41) is 2.99. The van der Waals surface area contributed by atoms with E-state index in [0.29, 0.717) is 23.8 Å². The molecule has 1 heterocycles. The second-order valence-corrected chi connectivity index (χ2v) is 39.2. The van der Waals surface area contributed by atoms with Gasteiger partial charge in [0.1, 0.15) is 0 Å². The van der Waals surface area contributed by atoms with Crippen molar-refractivity contribution in [1.29, 1.82) is 0 Å². The summed E-state index contributed by atoms with van der Waals surface area (Å²) >= 11 is 7.39. The fourth-order valence-electron chi connectivity index (χ4n) is 2.26. The van der Waals surface area contributed by atoms with E-state index in [0.717, 1.165) is 6.42 Å². The summed E-state index contributed by atoms with van der Waals surface area (Å²) in [5.74, 6) is 1.93. The summed E-state index contributed by atoms with van der Waals surface area (Å²) in [5.41, 5.74) is 0. The van der Waals surface area contributed by atoms with Crippen LogP contribution in [0.5, 0.6) is 0 Å². The summed E-state index contributed by atoms with van der Waals surface area (Å²) in [6.07, 6.45) is 1.08. The molecule has 82 valence electrons. The molecule has 1 aliphatic carbocycles. The molecule has 0 aromatic rings. The van der Waals surface area contributed by atoms with Gasteiger partial charge < -0.3 is 5.32 Å². The third kappa shape index (κ3) is 3.63. The molecule has 0 aromatic heterocycles. The van der Waals surface area contributed by atoms with Gasteiger partial charge in [-0.15, -0.1) is 0 Å². The van der Waals surface area contributed by atoms with Gasteiger partial charge in [0.25, 0.3) is 0 Å². The van der Waals surface area contributed by atoms with Crippen LogP contribution in [0.25, 0.3) is 0 Å². The molecule has 2 aliphatic rings. The maximum absolute atomic E-state index is 11.1. The number of nitrogens with one attached hydrogen (secondary N) is 1. The maximum atomic E-state index is 11.1. The van der Waals surface area contributed by atoms with Gasteiger partial charge in [0, 0.05) is 12.0 Å². The van der Waals surface area contributed by atoms with Gasteiger partial charge in [-0.05, 0) is 18.3 Å². The Morgan fingerprint density at radius 3 is 2.07 bits per heavy atom. The Labute approximate surface area is 123 Å². The van der Waals surface area contributed by atoms with Crippen LogP contribution in [0.4, 0.5) is 0 Å².